The second-order valence-corrected chi connectivity index (χ2v) is 6.05. The number of ether oxygens (including phenoxy) is 2. The number of rotatable bonds is 7. The molecular formula is C16H31NO2. The van der Waals surface area contributed by atoms with Crippen LogP contribution in [0.2, 0.25) is 0 Å². The van der Waals surface area contributed by atoms with Gasteiger partial charge in [-0.2, -0.15) is 0 Å². The van der Waals surface area contributed by atoms with E-state index in [4.69, 9.17) is 9.47 Å². The molecule has 2 unspecified atom stereocenters. The van der Waals surface area contributed by atoms with Crippen molar-refractivity contribution in [2.75, 3.05) is 26.4 Å². The second-order valence-electron chi connectivity index (χ2n) is 6.05. The lowest BCUT2D eigenvalue weighted by molar-refractivity contribution is -0.150. The van der Waals surface area contributed by atoms with Crippen LogP contribution in [-0.4, -0.2) is 38.5 Å². The maximum atomic E-state index is 6.14. The topological polar surface area (TPSA) is 30.5 Å². The van der Waals surface area contributed by atoms with Gasteiger partial charge in [0.05, 0.1) is 19.3 Å². The fourth-order valence-corrected chi connectivity index (χ4v) is 3.97. The Kier molecular flexibility index (Phi) is 6.11. The van der Waals surface area contributed by atoms with Gasteiger partial charge in [-0.15, -0.1) is 0 Å². The van der Waals surface area contributed by atoms with E-state index < -0.39 is 0 Å². The minimum Gasteiger partial charge on any atom is -0.379 e. The molecular weight excluding hydrogens is 238 g/mol. The molecule has 112 valence electrons. The van der Waals surface area contributed by atoms with Gasteiger partial charge in [-0.25, -0.2) is 0 Å². The maximum absolute atomic E-state index is 6.14. The first kappa shape index (κ1) is 15.3. The lowest BCUT2D eigenvalue weighted by Gasteiger charge is -2.56. The molecule has 2 aliphatic carbocycles. The summed E-state index contributed by atoms with van der Waals surface area (Å²) in [7, 11) is 0. The number of nitrogens with one attached hydrogen (secondary N) is 1. The van der Waals surface area contributed by atoms with Gasteiger partial charge < -0.3 is 14.8 Å². The number of hydrogen-bond donors (Lipinski definition) is 1. The first-order valence-electron chi connectivity index (χ1n) is 8.26. The van der Waals surface area contributed by atoms with Gasteiger partial charge in [-0.1, -0.05) is 32.6 Å². The Balaban J connectivity index is 1.87. The zero-order valence-corrected chi connectivity index (χ0v) is 12.7. The molecule has 3 heteroatoms. The fourth-order valence-electron chi connectivity index (χ4n) is 3.97. The Morgan fingerprint density at radius 1 is 1.05 bits per heavy atom. The van der Waals surface area contributed by atoms with E-state index in [-0.39, 0.29) is 0 Å². The van der Waals surface area contributed by atoms with Crippen molar-refractivity contribution in [1.82, 2.24) is 5.32 Å². The van der Waals surface area contributed by atoms with Crippen molar-refractivity contribution in [3.05, 3.63) is 0 Å². The van der Waals surface area contributed by atoms with Gasteiger partial charge in [-0.05, 0) is 32.7 Å². The van der Waals surface area contributed by atoms with Crippen LogP contribution >= 0.6 is 0 Å². The summed E-state index contributed by atoms with van der Waals surface area (Å²) in [6.45, 7) is 7.64. The molecule has 0 aromatic carbocycles. The van der Waals surface area contributed by atoms with E-state index in [2.05, 4.69) is 12.2 Å². The fraction of sp³-hybridized carbons (Fsp3) is 1.00. The highest BCUT2D eigenvalue weighted by molar-refractivity contribution is 5.08. The van der Waals surface area contributed by atoms with Gasteiger partial charge in [0.25, 0.3) is 0 Å². The highest BCUT2D eigenvalue weighted by Crippen LogP contribution is 2.52. The molecule has 0 heterocycles. The number of hydrogen-bond acceptors (Lipinski definition) is 3. The summed E-state index contributed by atoms with van der Waals surface area (Å²) >= 11 is 0. The lowest BCUT2D eigenvalue weighted by atomic mass is 9.57. The quantitative estimate of drug-likeness (QED) is 0.720. The second kappa shape index (κ2) is 7.61. The van der Waals surface area contributed by atoms with Crippen molar-refractivity contribution in [2.24, 2.45) is 5.41 Å². The molecule has 0 bridgehead atoms. The predicted molar refractivity (Wildman–Crippen MR) is 78.4 cm³/mol. The van der Waals surface area contributed by atoms with Gasteiger partial charge in [0.15, 0.2) is 0 Å². The van der Waals surface area contributed by atoms with Crippen LogP contribution in [0.1, 0.15) is 58.8 Å². The van der Waals surface area contributed by atoms with Crippen LogP contribution < -0.4 is 5.32 Å². The van der Waals surface area contributed by atoms with Crippen LogP contribution in [0.3, 0.4) is 0 Å². The molecule has 3 nitrogen and oxygen atoms in total. The van der Waals surface area contributed by atoms with Crippen molar-refractivity contribution in [1.29, 1.82) is 0 Å². The van der Waals surface area contributed by atoms with Crippen LogP contribution in [0.5, 0.6) is 0 Å². The molecule has 2 rings (SSSR count). The van der Waals surface area contributed by atoms with Crippen LogP contribution in [0.25, 0.3) is 0 Å². The van der Waals surface area contributed by atoms with Crippen LogP contribution in [0, 0.1) is 5.41 Å². The van der Waals surface area contributed by atoms with Gasteiger partial charge in [0, 0.05) is 18.1 Å². The van der Waals surface area contributed by atoms with E-state index in [0.29, 0.717) is 17.6 Å². The maximum Gasteiger partial charge on any atom is 0.0704 e. The molecule has 1 spiro atoms. The minimum absolute atomic E-state index is 0.429. The lowest BCUT2D eigenvalue weighted by Crippen LogP contribution is -2.63. The van der Waals surface area contributed by atoms with Gasteiger partial charge >= 0.3 is 0 Å². The Morgan fingerprint density at radius 2 is 1.79 bits per heavy atom. The first-order chi connectivity index (χ1) is 9.33. The largest absolute Gasteiger partial charge is 0.379 e. The minimum atomic E-state index is 0.429. The smallest absolute Gasteiger partial charge is 0.0704 e. The zero-order valence-electron chi connectivity index (χ0n) is 12.7. The van der Waals surface area contributed by atoms with Gasteiger partial charge in [-0.3, -0.25) is 0 Å². The third-order valence-corrected chi connectivity index (χ3v) is 5.02. The van der Waals surface area contributed by atoms with Crippen molar-refractivity contribution in [3.8, 4) is 0 Å². The Hall–Kier alpha value is -0.120. The molecule has 2 fully saturated rings. The summed E-state index contributed by atoms with van der Waals surface area (Å²) in [6, 6.07) is 0.688. The molecule has 0 radical (unpaired) electrons. The highest BCUT2D eigenvalue weighted by Gasteiger charge is 2.54. The van der Waals surface area contributed by atoms with E-state index in [1.165, 1.54) is 44.9 Å². The zero-order chi connectivity index (χ0) is 13.6. The van der Waals surface area contributed by atoms with Crippen LogP contribution in [0.4, 0.5) is 0 Å². The Morgan fingerprint density at radius 3 is 2.42 bits per heavy atom. The first-order valence-corrected chi connectivity index (χ1v) is 8.26. The van der Waals surface area contributed by atoms with E-state index in [9.17, 15) is 0 Å². The van der Waals surface area contributed by atoms with Crippen molar-refractivity contribution in [3.63, 3.8) is 0 Å². The molecule has 0 aromatic rings. The van der Waals surface area contributed by atoms with E-state index in [0.717, 1.165) is 26.4 Å². The van der Waals surface area contributed by atoms with E-state index in [1.807, 2.05) is 6.92 Å². The highest BCUT2D eigenvalue weighted by atomic mass is 16.5. The van der Waals surface area contributed by atoms with Crippen molar-refractivity contribution >= 4 is 0 Å². The molecule has 0 aliphatic heterocycles. The SMILES string of the molecule is CCNC1CC(OCCOCC)C12CCCCCC2. The monoisotopic (exact) mass is 269 g/mol. The summed E-state index contributed by atoms with van der Waals surface area (Å²) in [5.74, 6) is 0. The van der Waals surface area contributed by atoms with E-state index in [1.54, 1.807) is 0 Å². The van der Waals surface area contributed by atoms with Crippen molar-refractivity contribution < 1.29 is 9.47 Å². The summed E-state index contributed by atoms with van der Waals surface area (Å²) in [5, 5.41) is 3.69. The average Bonchev–Trinajstić information content (AvgIpc) is 2.69. The Bertz CT molecular complexity index is 249. The summed E-state index contributed by atoms with van der Waals surface area (Å²) < 4.78 is 11.5. The molecule has 19 heavy (non-hydrogen) atoms. The third kappa shape index (κ3) is 3.50. The molecule has 0 aromatic heterocycles. The normalized spacial score (nSPS) is 30.0. The summed E-state index contributed by atoms with van der Waals surface area (Å²) in [5.41, 5.74) is 0.429. The molecule has 0 amide bonds. The predicted octanol–water partition coefficient (Wildman–Crippen LogP) is 3.13. The van der Waals surface area contributed by atoms with Gasteiger partial charge in [0.1, 0.15) is 0 Å². The van der Waals surface area contributed by atoms with E-state index >= 15 is 0 Å². The third-order valence-electron chi connectivity index (χ3n) is 5.02. The van der Waals surface area contributed by atoms with Crippen LogP contribution in [-0.2, 0) is 9.47 Å². The summed E-state index contributed by atoms with van der Waals surface area (Å²) in [4.78, 5) is 0. The molecule has 1 N–H and O–H groups in total. The standard InChI is InChI=1S/C16H31NO2/c1-3-17-14-13-15(19-12-11-18-4-2)16(14)9-7-5-6-8-10-16/h14-15,17H,3-13H2,1-2H3. The summed E-state index contributed by atoms with van der Waals surface area (Å²) in [6.07, 6.45) is 9.95. The molecule has 2 aliphatic rings. The molecule has 2 saturated carbocycles. The Labute approximate surface area is 118 Å². The van der Waals surface area contributed by atoms with Crippen molar-refractivity contribution in [2.45, 2.75) is 70.9 Å². The van der Waals surface area contributed by atoms with Crippen LogP contribution in [0.15, 0.2) is 0 Å². The average molecular weight is 269 g/mol. The molecule has 0 saturated heterocycles. The molecule has 2 atom stereocenters. The van der Waals surface area contributed by atoms with Gasteiger partial charge in [0.2, 0.25) is 0 Å².